The third-order valence-electron chi connectivity index (χ3n) is 4.39. The van der Waals surface area contributed by atoms with Gasteiger partial charge in [-0.3, -0.25) is 4.79 Å². The molecule has 3 rings (SSSR count). The van der Waals surface area contributed by atoms with Crippen LogP contribution < -0.4 is 10.1 Å². The first-order valence-corrected chi connectivity index (χ1v) is 10.5. The summed E-state index contributed by atoms with van der Waals surface area (Å²) in [6.07, 6.45) is 1.78. The van der Waals surface area contributed by atoms with Gasteiger partial charge in [0.05, 0.1) is 17.9 Å². The number of nitrogens with zero attached hydrogens (tertiary/aromatic N) is 2. The molecule has 6 nitrogen and oxygen atoms in total. The van der Waals surface area contributed by atoms with Gasteiger partial charge in [0, 0.05) is 16.9 Å². The molecule has 0 aliphatic rings. The van der Waals surface area contributed by atoms with Crippen LogP contribution in [0, 0.1) is 6.92 Å². The number of carboxylic acids is 1. The lowest BCUT2D eigenvalue weighted by Gasteiger charge is -2.14. The van der Waals surface area contributed by atoms with Gasteiger partial charge in [-0.25, -0.2) is 9.97 Å². The predicted molar refractivity (Wildman–Crippen MR) is 116 cm³/mol. The summed E-state index contributed by atoms with van der Waals surface area (Å²) in [5, 5.41) is 13.2. The number of carbonyl (C=O) groups is 1. The molecule has 0 fully saturated rings. The van der Waals surface area contributed by atoms with Gasteiger partial charge in [-0.05, 0) is 49.6 Å². The van der Waals surface area contributed by atoms with Crippen molar-refractivity contribution in [3.05, 3.63) is 53.2 Å². The number of nitrogens with one attached hydrogen (secondary N) is 1. The van der Waals surface area contributed by atoms with Gasteiger partial charge in [0.15, 0.2) is 10.9 Å². The standard InChI is InChI=1S/C22H25N3O3S/c1-4-12-28-20-11-10-18(29-20)22-23-14(3)17(5-2)21(25-22)24-16-8-6-15(7-9-16)13-19(26)27/h6-11H,4-5,12-13H2,1-3H3,(H,26,27)(H,23,24,25). The van der Waals surface area contributed by atoms with Gasteiger partial charge in [0.1, 0.15) is 5.82 Å². The van der Waals surface area contributed by atoms with Gasteiger partial charge in [0.2, 0.25) is 0 Å². The second-order valence-corrected chi connectivity index (χ2v) is 7.72. The van der Waals surface area contributed by atoms with E-state index in [-0.39, 0.29) is 6.42 Å². The van der Waals surface area contributed by atoms with Gasteiger partial charge in [0.25, 0.3) is 0 Å². The number of ether oxygens (including phenoxy) is 1. The van der Waals surface area contributed by atoms with Crippen molar-refractivity contribution in [2.24, 2.45) is 0 Å². The van der Waals surface area contributed by atoms with Crippen LogP contribution >= 0.6 is 11.3 Å². The zero-order chi connectivity index (χ0) is 20.8. The SMILES string of the molecule is CCCOc1ccc(-c2nc(C)c(CC)c(Nc3ccc(CC(=O)O)cc3)n2)s1. The van der Waals surface area contributed by atoms with Crippen LogP contribution in [0.2, 0.25) is 0 Å². The Morgan fingerprint density at radius 3 is 2.55 bits per heavy atom. The Morgan fingerprint density at radius 1 is 1.14 bits per heavy atom. The summed E-state index contributed by atoms with van der Waals surface area (Å²) in [7, 11) is 0. The molecule has 2 heterocycles. The van der Waals surface area contributed by atoms with E-state index in [9.17, 15) is 4.79 Å². The van der Waals surface area contributed by atoms with Crippen molar-refractivity contribution in [3.63, 3.8) is 0 Å². The van der Waals surface area contributed by atoms with Crippen LogP contribution in [0.15, 0.2) is 36.4 Å². The molecular formula is C22H25N3O3S. The molecule has 0 unspecified atom stereocenters. The van der Waals surface area contributed by atoms with Crippen molar-refractivity contribution in [3.8, 4) is 15.8 Å². The molecule has 152 valence electrons. The Kier molecular flexibility index (Phi) is 6.82. The molecule has 0 radical (unpaired) electrons. The molecule has 3 aromatic rings. The van der Waals surface area contributed by atoms with Crippen LogP contribution in [0.4, 0.5) is 11.5 Å². The molecule has 29 heavy (non-hydrogen) atoms. The number of rotatable bonds is 9. The summed E-state index contributed by atoms with van der Waals surface area (Å²) in [4.78, 5) is 21.3. The smallest absolute Gasteiger partial charge is 0.307 e. The summed E-state index contributed by atoms with van der Waals surface area (Å²) in [6, 6.07) is 11.3. The van der Waals surface area contributed by atoms with E-state index in [0.29, 0.717) is 12.4 Å². The number of hydrogen-bond acceptors (Lipinski definition) is 6. The van der Waals surface area contributed by atoms with E-state index in [1.165, 1.54) is 0 Å². The Bertz CT molecular complexity index is 983. The fraction of sp³-hybridized carbons (Fsp3) is 0.318. The summed E-state index contributed by atoms with van der Waals surface area (Å²) in [6.45, 7) is 6.84. The number of carboxylic acid groups (broad SMARTS) is 1. The van der Waals surface area contributed by atoms with E-state index in [2.05, 4.69) is 19.2 Å². The largest absolute Gasteiger partial charge is 0.484 e. The molecule has 0 saturated carbocycles. The number of aromatic nitrogens is 2. The van der Waals surface area contributed by atoms with Gasteiger partial charge in [-0.15, -0.1) is 0 Å². The zero-order valence-electron chi connectivity index (χ0n) is 16.9. The monoisotopic (exact) mass is 411 g/mol. The molecule has 0 aliphatic heterocycles. The highest BCUT2D eigenvalue weighted by atomic mass is 32.1. The summed E-state index contributed by atoms with van der Waals surface area (Å²) in [5.41, 5.74) is 3.61. The first-order valence-electron chi connectivity index (χ1n) is 9.68. The third-order valence-corrected chi connectivity index (χ3v) is 5.38. The lowest BCUT2D eigenvalue weighted by Crippen LogP contribution is -2.05. The number of benzene rings is 1. The minimum atomic E-state index is -0.840. The molecule has 0 spiro atoms. The topological polar surface area (TPSA) is 84.3 Å². The number of aliphatic carboxylic acids is 1. The Hall–Kier alpha value is -2.93. The van der Waals surface area contributed by atoms with Gasteiger partial charge in [-0.1, -0.05) is 37.3 Å². The highest BCUT2D eigenvalue weighted by Gasteiger charge is 2.14. The van der Waals surface area contributed by atoms with Crippen molar-refractivity contribution < 1.29 is 14.6 Å². The minimum Gasteiger partial charge on any atom is -0.484 e. The van der Waals surface area contributed by atoms with Crippen LogP contribution in [0.1, 0.15) is 37.1 Å². The van der Waals surface area contributed by atoms with E-state index < -0.39 is 5.97 Å². The van der Waals surface area contributed by atoms with Gasteiger partial charge >= 0.3 is 5.97 Å². The number of anilines is 2. The van der Waals surface area contributed by atoms with Crippen LogP contribution in [-0.2, 0) is 17.6 Å². The van der Waals surface area contributed by atoms with E-state index in [0.717, 1.165) is 51.1 Å². The Balaban J connectivity index is 1.87. The van der Waals surface area contributed by atoms with E-state index >= 15 is 0 Å². The predicted octanol–water partition coefficient (Wildman–Crippen LogP) is 5.24. The Morgan fingerprint density at radius 2 is 1.90 bits per heavy atom. The second-order valence-electron chi connectivity index (χ2n) is 6.67. The molecule has 2 aromatic heterocycles. The molecule has 0 bridgehead atoms. The van der Waals surface area contributed by atoms with E-state index in [1.807, 2.05) is 43.3 Å². The maximum absolute atomic E-state index is 10.9. The normalized spacial score (nSPS) is 10.7. The van der Waals surface area contributed by atoms with Crippen LogP contribution in [0.5, 0.6) is 5.06 Å². The number of thiophene rings is 1. The molecule has 0 atom stereocenters. The summed E-state index contributed by atoms with van der Waals surface area (Å²) in [5.74, 6) is 0.597. The Labute approximate surface area is 174 Å². The molecule has 0 aliphatic carbocycles. The molecule has 0 amide bonds. The van der Waals surface area contributed by atoms with Crippen LogP contribution in [0.25, 0.3) is 10.7 Å². The lowest BCUT2D eigenvalue weighted by atomic mass is 10.1. The van der Waals surface area contributed by atoms with Crippen LogP contribution in [-0.4, -0.2) is 27.7 Å². The molecule has 0 saturated heterocycles. The highest BCUT2D eigenvalue weighted by Crippen LogP contribution is 2.33. The maximum atomic E-state index is 10.9. The maximum Gasteiger partial charge on any atom is 0.307 e. The number of aryl methyl sites for hydroxylation is 1. The van der Waals surface area contributed by atoms with Crippen molar-refractivity contribution in [2.75, 3.05) is 11.9 Å². The molecular weight excluding hydrogens is 386 g/mol. The molecule has 2 N–H and O–H groups in total. The van der Waals surface area contributed by atoms with Crippen LogP contribution in [0.3, 0.4) is 0 Å². The highest BCUT2D eigenvalue weighted by molar-refractivity contribution is 7.17. The fourth-order valence-corrected chi connectivity index (χ4v) is 3.78. The molecule has 1 aromatic carbocycles. The fourth-order valence-electron chi connectivity index (χ4n) is 2.97. The zero-order valence-corrected chi connectivity index (χ0v) is 17.7. The average Bonchev–Trinajstić information content (AvgIpc) is 3.16. The quantitative estimate of drug-likeness (QED) is 0.501. The third kappa shape index (κ3) is 5.32. The van der Waals surface area contributed by atoms with Crippen molar-refractivity contribution in [1.82, 2.24) is 9.97 Å². The lowest BCUT2D eigenvalue weighted by molar-refractivity contribution is -0.136. The molecule has 7 heteroatoms. The van der Waals surface area contributed by atoms with Gasteiger partial charge < -0.3 is 15.2 Å². The van der Waals surface area contributed by atoms with Crippen molar-refractivity contribution in [1.29, 1.82) is 0 Å². The van der Waals surface area contributed by atoms with E-state index in [4.69, 9.17) is 19.8 Å². The number of hydrogen-bond donors (Lipinski definition) is 2. The van der Waals surface area contributed by atoms with Gasteiger partial charge in [-0.2, -0.15) is 0 Å². The first-order chi connectivity index (χ1) is 14.0. The van der Waals surface area contributed by atoms with E-state index in [1.54, 1.807) is 11.3 Å². The minimum absolute atomic E-state index is 0.0120. The first kappa shape index (κ1) is 20.8. The summed E-state index contributed by atoms with van der Waals surface area (Å²) >= 11 is 1.54. The van der Waals surface area contributed by atoms with Crippen molar-refractivity contribution >= 4 is 28.8 Å². The van der Waals surface area contributed by atoms with Crippen molar-refractivity contribution in [2.45, 2.75) is 40.0 Å². The summed E-state index contributed by atoms with van der Waals surface area (Å²) < 4.78 is 5.70. The second kappa shape index (κ2) is 9.52. The average molecular weight is 412 g/mol.